The number of ketones is 1. The molecule has 4 unspecified atom stereocenters. The summed E-state index contributed by atoms with van der Waals surface area (Å²) in [7, 11) is 0. The molecule has 82 valence electrons. The summed E-state index contributed by atoms with van der Waals surface area (Å²) in [5, 5.41) is 8.99. The standard InChI is InChI=1S/C13H19NO/c1-2-3-11(8-14)13(15)12-7-9-4-5-10(12)6-9/h9-12H,2-7H2,1H3. The van der Waals surface area contributed by atoms with Gasteiger partial charge in [-0.25, -0.2) is 0 Å². The molecule has 2 heteroatoms. The molecule has 0 heterocycles. The highest BCUT2D eigenvalue weighted by Gasteiger charge is 2.44. The molecule has 2 fully saturated rings. The fourth-order valence-corrected chi connectivity index (χ4v) is 3.41. The van der Waals surface area contributed by atoms with Crippen LogP contribution >= 0.6 is 0 Å². The van der Waals surface area contributed by atoms with Gasteiger partial charge in [-0.15, -0.1) is 0 Å². The summed E-state index contributed by atoms with van der Waals surface area (Å²) in [4.78, 5) is 12.1. The Balaban J connectivity index is 1.99. The lowest BCUT2D eigenvalue weighted by molar-refractivity contribution is -0.126. The van der Waals surface area contributed by atoms with Crippen LogP contribution in [0.25, 0.3) is 0 Å². The van der Waals surface area contributed by atoms with Gasteiger partial charge in [0.1, 0.15) is 5.92 Å². The lowest BCUT2D eigenvalue weighted by atomic mass is 9.80. The second-order valence-electron chi connectivity index (χ2n) is 5.15. The van der Waals surface area contributed by atoms with Gasteiger partial charge in [-0.1, -0.05) is 19.8 Å². The van der Waals surface area contributed by atoms with E-state index in [0.717, 1.165) is 25.2 Å². The van der Waals surface area contributed by atoms with Crippen molar-refractivity contribution < 1.29 is 4.79 Å². The summed E-state index contributed by atoms with van der Waals surface area (Å²) in [6.45, 7) is 2.04. The van der Waals surface area contributed by atoms with Crippen molar-refractivity contribution in [2.45, 2.75) is 45.4 Å². The number of hydrogen-bond donors (Lipinski definition) is 0. The van der Waals surface area contributed by atoms with Crippen molar-refractivity contribution in [3.63, 3.8) is 0 Å². The zero-order valence-electron chi connectivity index (χ0n) is 9.41. The van der Waals surface area contributed by atoms with Crippen molar-refractivity contribution >= 4 is 5.78 Å². The predicted molar refractivity (Wildman–Crippen MR) is 58.0 cm³/mol. The molecule has 2 aliphatic rings. The van der Waals surface area contributed by atoms with Crippen molar-refractivity contribution in [1.82, 2.24) is 0 Å². The third-order valence-corrected chi connectivity index (χ3v) is 4.18. The number of carbonyl (C=O) groups is 1. The Morgan fingerprint density at radius 3 is 2.73 bits per heavy atom. The Kier molecular flexibility index (Phi) is 3.09. The minimum Gasteiger partial charge on any atom is -0.298 e. The Bertz CT molecular complexity index is 291. The number of hydrogen-bond acceptors (Lipinski definition) is 2. The number of carbonyl (C=O) groups excluding carboxylic acids is 1. The van der Waals surface area contributed by atoms with Crippen molar-refractivity contribution in [3.8, 4) is 6.07 Å². The molecule has 2 saturated carbocycles. The van der Waals surface area contributed by atoms with Crippen LogP contribution in [0.1, 0.15) is 45.4 Å². The van der Waals surface area contributed by atoms with Crippen LogP contribution in [0.3, 0.4) is 0 Å². The molecule has 0 N–H and O–H groups in total. The van der Waals surface area contributed by atoms with Crippen molar-refractivity contribution in [2.24, 2.45) is 23.7 Å². The van der Waals surface area contributed by atoms with E-state index in [-0.39, 0.29) is 17.6 Å². The number of nitrogens with zero attached hydrogens (tertiary/aromatic N) is 1. The van der Waals surface area contributed by atoms with E-state index in [9.17, 15) is 4.79 Å². The molecular formula is C13H19NO. The zero-order valence-corrected chi connectivity index (χ0v) is 9.41. The van der Waals surface area contributed by atoms with Crippen LogP contribution < -0.4 is 0 Å². The Morgan fingerprint density at radius 2 is 2.27 bits per heavy atom. The Labute approximate surface area is 91.7 Å². The largest absolute Gasteiger partial charge is 0.298 e. The molecule has 0 aromatic heterocycles. The topological polar surface area (TPSA) is 40.9 Å². The maximum Gasteiger partial charge on any atom is 0.153 e. The number of fused-ring (bicyclic) bond motifs is 2. The SMILES string of the molecule is CCCC(C#N)C(=O)C1CC2CCC1C2. The number of Topliss-reactive ketones (excluding diaryl/α,β-unsaturated/α-hetero) is 1. The monoisotopic (exact) mass is 205 g/mol. The van der Waals surface area contributed by atoms with E-state index in [1.807, 2.05) is 6.92 Å². The second-order valence-corrected chi connectivity index (χ2v) is 5.15. The summed E-state index contributed by atoms with van der Waals surface area (Å²) >= 11 is 0. The van der Waals surface area contributed by atoms with Gasteiger partial charge >= 0.3 is 0 Å². The third kappa shape index (κ3) is 1.93. The second kappa shape index (κ2) is 4.35. The van der Waals surface area contributed by atoms with Gasteiger partial charge in [0.15, 0.2) is 5.78 Å². The lowest BCUT2D eigenvalue weighted by Crippen LogP contribution is -2.27. The summed E-state index contributed by atoms with van der Waals surface area (Å²) in [5.74, 6) is 1.59. The highest BCUT2D eigenvalue weighted by atomic mass is 16.1. The highest BCUT2D eigenvalue weighted by Crippen LogP contribution is 2.49. The first kappa shape index (κ1) is 10.7. The van der Waals surface area contributed by atoms with Gasteiger partial charge < -0.3 is 0 Å². The maximum atomic E-state index is 12.1. The molecule has 2 nitrogen and oxygen atoms in total. The first-order valence-electron chi connectivity index (χ1n) is 6.19. The molecule has 2 rings (SSSR count). The molecular weight excluding hydrogens is 186 g/mol. The molecule has 0 aromatic carbocycles. The Morgan fingerprint density at radius 1 is 1.47 bits per heavy atom. The molecule has 0 aromatic rings. The van der Waals surface area contributed by atoms with Gasteiger partial charge in [-0.3, -0.25) is 4.79 Å². The molecule has 0 saturated heterocycles. The van der Waals surface area contributed by atoms with Crippen LogP contribution in [0.4, 0.5) is 0 Å². The summed E-state index contributed by atoms with van der Waals surface area (Å²) in [6.07, 6.45) is 6.56. The maximum absolute atomic E-state index is 12.1. The summed E-state index contributed by atoms with van der Waals surface area (Å²) in [5.41, 5.74) is 0. The predicted octanol–water partition coefficient (Wildman–Crippen LogP) is 2.93. The third-order valence-electron chi connectivity index (χ3n) is 4.18. The molecule has 0 aliphatic heterocycles. The fourth-order valence-electron chi connectivity index (χ4n) is 3.41. The molecule has 2 aliphatic carbocycles. The van der Waals surface area contributed by atoms with E-state index in [2.05, 4.69) is 6.07 Å². The smallest absolute Gasteiger partial charge is 0.153 e. The van der Waals surface area contributed by atoms with E-state index in [0.29, 0.717) is 5.92 Å². The molecule has 0 radical (unpaired) electrons. The quantitative estimate of drug-likeness (QED) is 0.708. The van der Waals surface area contributed by atoms with Crippen LogP contribution in [0, 0.1) is 35.0 Å². The van der Waals surface area contributed by atoms with Gasteiger partial charge in [-0.2, -0.15) is 5.26 Å². The van der Waals surface area contributed by atoms with Crippen LogP contribution in [-0.4, -0.2) is 5.78 Å². The van der Waals surface area contributed by atoms with E-state index < -0.39 is 0 Å². The number of nitriles is 1. The first-order valence-corrected chi connectivity index (χ1v) is 6.19. The van der Waals surface area contributed by atoms with Gasteiger partial charge in [0.25, 0.3) is 0 Å². The van der Waals surface area contributed by atoms with E-state index in [1.165, 1.54) is 19.3 Å². The summed E-state index contributed by atoms with van der Waals surface area (Å²) < 4.78 is 0. The van der Waals surface area contributed by atoms with E-state index in [1.54, 1.807) is 0 Å². The molecule has 4 atom stereocenters. The van der Waals surface area contributed by atoms with Gasteiger partial charge in [0, 0.05) is 5.92 Å². The lowest BCUT2D eigenvalue weighted by Gasteiger charge is -2.22. The molecule has 0 spiro atoms. The van der Waals surface area contributed by atoms with Crippen LogP contribution in [0.15, 0.2) is 0 Å². The van der Waals surface area contributed by atoms with Crippen molar-refractivity contribution in [3.05, 3.63) is 0 Å². The van der Waals surface area contributed by atoms with Crippen LogP contribution in [-0.2, 0) is 4.79 Å². The van der Waals surface area contributed by atoms with E-state index in [4.69, 9.17) is 5.26 Å². The average Bonchev–Trinajstić information content (AvgIpc) is 2.86. The average molecular weight is 205 g/mol. The van der Waals surface area contributed by atoms with Crippen molar-refractivity contribution in [1.29, 1.82) is 5.26 Å². The zero-order chi connectivity index (χ0) is 10.8. The van der Waals surface area contributed by atoms with Crippen LogP contribution in [0.5, 0.6) is 0 Å². The summed E-state index contributed by atoms with van der Waals surface area (Å²) in [6, 6.07) is 2.19. The molecule has 2 bridgehead atoms. The normalized spacial score (nSPS) is 35.1. The van der Waals surface area contributed by atoms with Crippen molar-refractivity contribution in [2.75, 3.05) is 0 Å². The highest BCUT2D eigenvalue weighted by molar-refractivity contribution is 5.86. The minimum atomic E-state index is -0.320. The van der Waals surface area contributed by atoms with Gasteiger partial charge in [-0.05, 0) is 37.5 Å². The first-order chi connectivity index (χ1) is 7.26. The van der Waals surface area contributed by atoms with Gasteiger partial charge in [0.05, 0.1) is 6.07 Å². The molecule has 15 heavy (non-hydrogen) atoms. The van der Waals surface area contributed by atoms with Crippen LogP contribution in [0.2, 0.25) is 0 Å². The van der Waals surface area contributed by atoms with Gasteiger partial charge in [0.2, 0.25) is 0 Å². The fraction of sp³-hybridized carbons (Fsp3) is 0.846. The number of rotatable bonds is 4. The molecule has 0 amide bonds. The van der Waals surface area contributed by atoms with E-state index >= 15 is 0 Å². The Hall–Kier alpha value is -0.840. The minimum absolute atomic E-state index is 0.236.